The van der Waals surface area contributed by atoms with Crippen LogP contribution in [0, 0.1) is 0 Å². The number of benzene rings is 3. The predicted octanol–water partition coefficient (Wildman–Crippen LogP) is 5.74. The van der Waals surface area contributed by atoms with E-state index in [2.05, 4.69) is 50.4 Å². The summed E-state index contributed by atoms with van der Waals surface area (Å²) in [4.78, 5) is 42.3. The van der Waals surface area contributed by atoms with Crippen molar-refractivity contribution in [1.82, 2.24) is 10.2 Å². The highest BCUT2D eigenvalue weighted by atomic mass is 79.9. The molecule has 42 heavy (non-hydrogen) atoms. The maximum absolute atomic E-state index is 13.8. The summed E-state index contributed by atoms with van der Waals surface area (Å²) in [6.07, 6.45) is 4.37. The molecule has 0 fully saturated rings. The molecule has 3 amide bonds. The number of nitrogens with one attached hydrogen (secondary N) is 1. The van der Waals surface area contributed by atoms with E-state index in [0.29, 0.717) is 44.6 Å². The molecule has 222 valence electrons. The fourth-order valence-electron chi connectivity index (χ4n) is 5.69. The minimum Gasteiger partial charge on any atom is -0.469 e. The minimum absolute atomic E-state index is 0.148. The van der Waals surface area contributed by atoms with Crippen LogP contribution in [-0.2, 0) is 27.3 Å². The molecule has 0 saturated carbocycles. The number of anilines is 1. The van der Waals surface area contributed by atoms with Crippen molar-refractivity contribution < 1.29 is 19.1 Å². The van der Waals surface area contributed by atoms with Gasteiger partial charge in [-0.15, -0.1) is 0 Å². The third-order valence-electron chi connectivity index (χ3n) is 7.79. The number of hydrogen-bond acceptors (Lipinski definition) is 5. The van der Waals surface area contributed by atoms with Crippen LogP contribution in [0.25, 0.3) is 0 Å². The van der Waals surface area contributed by atoms with Crippen LogP contribution in [0.1, 0.15) is 54.8 Å². The molecule has 1 aliphatic carbocycles. The third kappa shape index (κ3) is 8.42. The lowest BCUT2D eigenvalue weighted by molar-refractivity contribution is -0.140. The normalized spacial score (nSPS) is 15.0. The highest BCUT2D eigenvalue weighted by Gasteiger charge is 2.32. The Morgan fingerprint density at radius 2 is 1.71 bits per heavy atom. The quantitative estimate of drug-likeness (QED) is 0.233. The molecule has 0 aliphatic heterocycles. The van der Waals surface area contributed by atoms with Crippen molar-refractivity contribution in [3.63, 3.8) is 0 Å². The lowest BCUT2D eigenvalue weighted by atomic mass is 9.86. The second kappa shape index (κ2) is 15.5. The highest BCUT2D eigenvalue weighted by Crippen LogP contribution is 2.35. The summed E-state index contributed by atoms with van der Waals surface area (Å²) in [5.74, 6) is -0.522. The molecular weight excluding hydrogens is 596 g/mol. The number of urea groups is 1. The van der Waals surface area contributed by atoms with Crippen LogP contribution in [0.2, 0.25) is 0 Å². The number of esters is 1. The van der Waals surface area contributed by atoms with Gasteiger partial charge in [-0.1, -0.05) is 70.5 Å². The lowest BCUT2D eigenvalue weighted by Crippen LogP contribution is -2.53. The van der Waals surface area contributed by atoms with E-state index in [9.17, 15) is 14.4 Å². The number of halogens is 1. The van der Waals surface area contributed by atoms with E-state index in [-0.39, 0.29) is 17.9 Å². The molecule has 2 atom stereocenters. The van der Waals surface area contributed by atoms with Crippen LogP contribution < -0.4 is 16.0 Å². The minimum atomic E-state index is -0.839. The second-order valence-electron chi connectivity index (χ2n) is 10.5. The average molecular weight is 636 g/mol. The Morgan fingerprint density at radius 3 is 2.43 bits per heavy atom. The summed E-state index contributed by atoms with van der Waals surface area (Å²) in [5.41, 5.74) is 10.0. The molecular formula is C33H39BrN4O4. The van der Waals surface area contributed by atoms with Crippen molar-refractivity contribution in [3.05, 3.63) is 100 Å². The monoisotopic (exact) mass is 634 g/mol. The summed E-state index contributed by atoms with van der Waals surface area (Å²) < 4.78 is 5.73. The SMILES string of the molecule is COC(=O)CCCN(CC[C@@H](C(=O)NCc1ccccc1)N(C(N)=O)c1ccc(Br)cc1)C1CCCc2ccccc21. The zero-order valence-corrected chi connectivity index (χ0v) is 25.6. The molecule has 3 aromatic rings. The van der Waals surface area contributed by atoms with Crippen LogP contribution in [0.15, 0.2) is 83.3 Å². The number of rotatable bonds is 13. The number of ether oxygens (including phenoxy) is 1. The Balaban J connectivity index is 1.60. The maximum Gasteiger partial charge on any atom is 0.320 e. The first-order chi connectivity index (χ1) is 20.4. The topological polar surface area (TPSA) is 105 Å². The zero-order valence-electron chi connectivity index (χ0n) is 24.0. The number of carbonyl (C=O) groups excluding carboxylic acids is 3. The summed E-state index contributed by atoms with van der Waals surface area (Å²) >= 11 is 3.44. The average Bonchev–Trinajstić information content (AvgIpc) is 3.01. The molecule has 0 radical (unpaired) electrons. The van der Waals surface area contributed by atoms with E-state index < -0.39 is 12.1 Å². The Bertz CT molecular complexity index is 1340. The largest absolute Gasteiger partial charge is 0.469 e. The first kappa shape index (κ1) is 31.3. The van der Waals surface area contributed by atoms with Gasteiger partial charge in [0, 0.05) is 35.7 Å². The highest BCUT2D eigenvalue weighted by molar-refractivity contribution is 9.10. The number of hydrogen-bond donors (Lipinski definition) is 2. The number of fused-ring (bicyclic) bond motifs is 1. The van der Waals surface area contributed by atoms with E-state index >= 15 is 0 Å². The van der Waals surface area contributed by atoms with E-state index in [4.69, 9.17) is 10.5 Å². The van der Waals surface area contributed by atoms with Crippen molar-refractivity contribution in [2.75, 3.05) is 25.1 Å². The molecule has 0 bridgehead atoms. The maximum atomic E-state index is 13.8. The van der Waals surface area contributed by atoms with Crippen LogP contribution in [-0.4, -0.2) is 49.0 Å². The Kier molecular flexibility index (Phi) is 11.5. The smallest absolute Gasteiger partial charge is 0.320 e. The van der Waals surface area contributed by atoms with Gasteiger partial charge in [0.1, 0.15) is 6.04 Å². The van der Waals surface area contributed by atoms with Gasteiger partial charge in [-0.05, 0) is 79.6 Å². The molecule has 3 aromatic carbocycles. The molecule has 1 aliphatic rings. The molecule has 1 unspecified atom stereocenters. The Labute approximate surface area is 256 Å². The van der Waals surface area contributed by atoms with E-state index in [1.165, 1.54) is 23.1 Å². The molecule has 3 N–H and O–H groups in total. The number of nitrogens with two attached hydrogens (primary N) is 1. The van der Waals surface area contributed by atoms with E-state index in [1.807, 2.05) is 42.5 Å². The van der Waals surface area contributed by atoms with Crippen LogP contribution in [0.4, 0.5) is 10.5 Å². The number of carbonyl (C=O) groups is 3. The second-order valence-corrected chi connectivity index (χ2v) is 11.4. The van der Waals surface area contributed by atoms with E-state index in [1.54, 1.807) is 12.1 Å². The molecule has 0 saturated heterocycles. The number of methoxy groups -OCH3 is 1. The summed E-state index contributed by atoms with van der Waals surface area (Å²) in [6.45, 7) is 1.52. The van der Waals surface area contributed by atoms with Crippen LogP contribution >= 0.6 is 15.9 Å². The van der Waals surface area contributed by atoms with Crippen molar-refractivity contribution in [1.29, 1.82) is 0 Å². The fourth-order valence-corrected chi connectivity index (χ4v) is 5.95. The fraction of sp³-hybridized carbons (Fsp3) is 0.364. The predicted molar refractivity (Wildman–Crippen MR) is 168 cm³/mol. The molecule has 0 aromatic heterocycles. The summed E-state index contributed by atoms with van der Waals surface area (Å²) in [5, 5.41) is 3.02. The van der Waals surface area contributed by atoms with Gasteiger partial charge < -0.3 is 15.8 Å². The Hall–Kier alpha value is -3.69. The number of amides is 3. The van der Waals surface area contributed by atoms with Gasteiger partial charge in [-0.3, -0.25) is 19.4 Å². The van der Waals surface area contributed by atoms with Crippen LogP contribution in [0.3, 0.4) is 0 Å². The lowest BCUT2D eigenvalue weighted by Gasteiger charge is -2.38. The number of primary amides is 1. The van der Waals surface area contributed by atoms with Gasteiger partial charge in [0.05, 0.1) is 7.11 Å². The molecule has 4 rings (SSSR count). The van der Waals surface area contributed by atoms with Crippen molar-refractivity contribution in [3.8, 4) is 0 Å². The molecule has 0 heterocycles. The van der Waals surface area contributed by atoms with Gasteiger partial charge in [-0.25, -0.2) is 4.79 Å². The van der Waals surface area contributed by atoms with Crippen molar-refractivity contribution >= 4 is 39.5 Å². The zero-order chi connectivity index (χ0) is 29.9. The summed E-state index contributed by atoms with van der Waals surface area (Å²) in [7, 11) is 1.40. The first-order valence-corrected chi connectivity index (χ1v) is 15.2. The Morgan fingerprint density at radius 1 is 1.00 bits per heavy atom. The number of aryl methyl sites for hydroxylation is 1. The summed E-state index contributed by atoms with van der Waals surface area (Å²) in [6, 6.07) is 23.9. The van der Waals surface area contributed by atoms with Gasteiger partial charge in [0.2, 0.25) is 5.91 Å². The van der Waals surface area contributed by atoms with Gasteiger partial charge in [0.25, 0.3) is 0 Å². The van der Waals surface area contributed by atoms with E-state index in [0.717, 1.165) is 29.3 Å². The molecule has 9 heteroatoms. The van der Waals surface area contributed by atoms with Gasteiger partial charge in [-0.2, -0.15) is 0 Å². The standard InChI is InChI=1S/C33H39BrN4O4/c1-42-31(39)15-8-21-37(29-14-7-12-25-11-5-6-13-28(25)29)22-20-30(32(40)36-23-24-9-3-2-4-10-24)38(33(35)41)27-18-16-26(34)17-19-27/h2-6,9-11,13,16-19,29-30H,7-8,12,14-15,20-23H2,1H3,(H2,35,41)(H,36,40)/t29?,30-/m0/s1. The molecule has 0 spiro atoms. The van der Waals surface area contributed by atoms with Gasteiger partial charge in [0.15, 0.2) is 0 Å². The first-order valence-electron chi connectivity index (χ1n) is 14.4. The van der Waals surface area contributed by atoms with Crippen molar-refractivity contribution in [2.45, 2.75) is 57.2 Å². The van der Waals surface area contributed by atoms with Crippen LogP contribution in [0.5, 0.6) is 0 Å². The third-order valence-corrected chi connectivity index (χ3v) is 8.32. The van der Waals surface area contributed by atoms with Gasteiger partial charge >= 0.3 is 12.0 Å². The van der Waals surface area contributed by atoms with Crippen molar-refractivity contribution in [2.24, 2.45) is 5.73 Å². The number of nitrogens with zero attached hydrogens (tertiary/aromatic N) is 2. The molecule has 8 nitrogen and oxygen atoms in total.